The van der Waals surface area contributed by atoms with Crippen LogP contribution in [-0.4, -0.2) is 5.91 Å². The van der Waals surface area contributed by atoms with Gasteiger partial charge >= 0.3 is 0 Å². The molecule has 0 aromatic heterocycles. The largest absolute Gasteiger partial charge is 0.321 e. The minimum Gasteiger partial charge on any atom is -0.321 e. The fraction of sp³-hybridized carbons (Fsp3) is 0. The Kier molecular flexibility index (Phi) is 5.06. The van der Waals surface area contributed by atoms with Gasteiger partial charge in [0.15, 0.2) is 0 Å². The van der Waals surface area contributed by atoms with Gasteiger partial charge in [0.25, 0.3) is 5.91 Å². The van der Waals surface area contributed by atoms with Crippen LogP contribution in [0.2, 0.25) is 5.02 Å². The van der Waals surface area contributed by atoms with Gasteiger partial charge in [-0.15, -0.1) is 0 Å². The Hall–Kier alpha value is -0.360. The second kappa shape index (κ2) is 6.39. The van der Waals surface area contributed by atoms with E-state index < -0.39 is 0 Å². The Labute approximate surface area is 140 Å². The van der Waals surface area contributed by atoms with Crippen LogP contribution in [0.1, 0.15) is 10.4 Å². The molecule has 0 fully saturated rings. The third kappa shape index (κ3) is 3.60. The van der Waals surface area contributed by atoms with Crippen LogP contribution < -0.4 is 5.32 Å². The molecular formula is C13H7Br3ClNO. The van der Waals surface area contributed by atoms with Crippen LogP contribution in [0.15, 0.2) is 49.8 Å². The molecule has 2 aromatic rings. The average molecular weight is 468 g/mol. The van der Waals surface area contributed by atoms with Gasteiger partial charge in [-0.05, 0) is 62.2 Å². The SMILES string of the molecule is O=C(Nc1cc(Br)ccc1Br)c1cccc(Br)c1Cl. The number of benzene rings is 2. The van der Waals surface area contributed by atoms with Crippen molar-refractivity contribution in [3.05, 3.63) is 60.4 Å². The van der Waals surface area contributed by atoms with Crippen molar-refractivity contribution in [1.82, 2.24) is 0 Å². The number of rotatable bonds is 2. The lowest BCUT2D eigenvalue weighted by Gasteiger charge is -2.09. The first-order chi connectivity index (χ1) is 8.99. The van der Waals surface area contributed by atoms with E-state index in [1.54, 1.807) is 18.2 Å². The molecular weight excluding hydrogens is 461 g/mol. The molecule has 0 saturated heterocycles. The molecule has 0 aliphatic rings. The number of hydrogen-bond acceptors (Lipinski definition) is 1. The zero-order chi connectivity index (χ0) is 14.0. The van der Waals surface area contributed by atoms with Crippen molar-refractivity contribution in [2.75, 3.05) is 5.32 Å². The van der Waals surface area contributed by atoms with Gasteiger partial charge in [0.2, 0.25) is 0 Å². The molecule has 6 heteroatoms. The first-order valence-corrected chi connectivity index (χ1v) is 7.95. The molecule has 0 saturated carbocycles. The van der Waals surface area contributed by atoms with Crippen LogP contribution >= 0.6 is 59.4 Å². The molecule has 2 nitrogen and oxygen atoms in total. The summed E-state index contributed by atoms with van der Waals surface area (Å²) in [6.45, 7) is 0. The van der Waals surface area contributed by atoms with E-state index in [1.165, 1.54) is 0 Å². The van der Waals surface area contributed by atoms with E-state index in [2.05, 4.69) is 53.1 Å². The van der Waals surface area contributed by atoms with Crippen LogP contribution in [0.5, 0.6) is 0 Å². The Balaban J connectivity index is 2.31. The summed E-state index contributed by atoms with van der Waals surface area (Å²) in [5.74, 6) is -0.259. The number of nitrogens with one attached hydrogen (secondary N) is 1. The molecule has 2 aromatic carbocycles. The highest BCUT2D eigenvalue weighted by atomic mass is 79.9. The molecule has 0 spiro atoms. The predicted octanol–water partition coefficient (Wildman–Crippen LogP) is 5.88. The van der Waals surface area contributed by atoms with Gasteiger partial charge in [0, 0.05) is 13.4 Å². The monoisotopic (exact) mass is 465 g/mol. The fourth-order valence-electron chi connectivity index (χ4n) is 1.46. The summed E-state index contributed by atoms with van der Waals surface area (Å²) in [5, 5.41) is 3.21. The van der Waals surface area contributed by atoms with E-state index in [4.69, 9.17) is 11.6 Å². The molecule has 0 aliphatic heterocycles. The molecule has 1 amide bonds. The highest BCUT2D eigenvalue weighted by Crippen LogP contribution is 2.29. The lowest BCUT2D eigenvalue weighted by molar-refractivity contribution is 0.102. The van der Waals surface area contributed by atoms with Crippen LogP contribution in [0.25, 0.3) is 0 Å². The molecule has 0 aliphatic carbocycles. The van der Waals surface area contributed by atoms with Gasteiger partial charge in [0.05, 0.1) is 16.3 Å². The van der Waals surface area contributed by atoms with Crippen LogP contribution in [0.3, 0.4) is 0 Å². The minimum absolute atomic E-state index is 0.259. The second-order valence-corrected chi connectivity index (χ2v) is 6.68. The van der Waals surface area contributed by atoms with Crippen molar-refractivity contribution < 1.29 is 4.79 Å². The van der Waals surface area contributed by atoms with E-state index >= 15 is 0 Å². The Bertz CT molecular complexity index is 646. The lowest BCUT2D eigenvalue weighted by atomic mass is 10.2. The maximum atomic E-state index is 12.2. The summed E-state index contributed by atoms with van der Waals surface area (Å²) in [7, 11) is 0. The Morgan fingerprint density at radius 2 is 1.79 bits per heavy atom. The second-order valence-electron chi connectivity index (χ2n) is 3.68. The maximum absolute atomic E-state index is 12.2. The average Bonchev–Trinajstić information content (AvgIpc) is 2.37. The zero-order valence-corrected chi connectivity index (χ0v) is 14.9. The summed E-state index contributed by atoms with van der Waals surface area (Å²) in [4.78, 5) is 12.2. The molecule has 98 valence electrons. The molecule has 1 N–H and O–H groups in total. The van der Waals surface area contributed by atoms with Crippen molar-refractivity contribution in [3.63, 3.8) is 0 Å². The molecule has 0 heterocycles. The third-order valence-electron chi connectivity index (χ3n) is 2.37. The van der Waals surface area contributed by atoms with Gasteiger partial charge in [-0.1, -0.05) is 33.6 Å². The van der Waals surface area contributed by atoms with Crippen molar-refractivity contribution in [2.24, 2.45) is 0 Å². The third-order valence-corrected chi connectivity index (χ3v) is 4.85. The van der Waals surface area contributed by atoms with Crippen molar-refractivity contribution in [1.29, 1.82) is 0 Å². The summed E-state index contributed by atoms with van der Waals surface area (Å²) < 4.78 is 2.37. The number of amides is 1. The van der Waals surface area contributed by atoms with Gasteiger partial charge in [0.1, 0.15) is 0 Å². The highest BCUT2D eigenvalue weighted by Gasteiger charge is 2.13. The summed E-state index contributed by atoms with van der Waals surface area (Å²) >= 11 is 16.1. The molecule has 0 bridgehead atoms. The molecule has 0 unspecified atom stereocenters. The number of halogens is 4. The number of carbonyl (C=O) groups is 1. The van der Waals surface area contributed by atoms with E-state index in [1.807, 2.05) is 18.2 Å². The minimum atomic E-state index is -0.259. The predicted molar refractivity (Wildman–Crippen MR) is 88.9 cm³/mol. The van der Waals surface area contributed by atoms with E-state index in [-0.39, 0.29) is 5.91 Å². The summed E-state index contributed by atoms with van der Waals surface area (Å²) in [6.07, 6.45) is 0. The quantitative estimate of drug-likeness (QED) is 0.586. The summed E-state index contributed by atoms with van der Waals surface area (Å²) in [6, 6.07) is 10.8. The normalized spacial score (nSPS) is 10.3. The van der Waals surface area contributed by atoms with Crippen molar-refractivity contribution >= 4 is 71.0 Å². The molecule has 2 rings (SSSR count). The summed E-state index contributed by atoms with van der Waals surface area (Å²) in [5.41, 5.74) is 1.10. The lowest BCUT2D eigenvalue weighted by Crippen LogP contribution is -2.13. The number of carbonyl (C=O) groups excluding carboxylic acids is 1. The van der Waals surface area contributed by atoms with E-state index in [0.29, 0.717) is 20.7 Å². The first-order valence-electron chi connectivity index (χ1n) is 5.19. The molecule has 0 radical (unpaired) electrons. The maximum Gasteiger partial charge on any atom is 0.257 e. The van der Waals surface area contributed by atoms with Gasteiger partial charge in [-0.3, -0.25) is 4.79 Å². The zero-order valence-electron chi connectivity index (χ0n) is 9.38. The van der Waals surface area contributed by atoms with Gasteiger partial charge in [-0.25, -0.2) is 0 Å². The van der Waals surface area contributed by atoms with Gasteiger partial charge in [-0.2, -0.15) is 0 Å². The van der Waals surface area contributed by atoms with Crippen molar-refractivity contribution in [3.8, 4) is 0 Å². The molecule has 19 heavy (non-hydrogen) atoms. The van der Waals surface area contributed by atoms with E-state index in [0.717, 1.165) is 8.95 Å². The fourth-order valence-corrected chi connectivity index (χ4v) is 2.75. The van der Waals surface area contributed by atoms with Crippen LogP contribution in [0.4, 0.5) is 5.69 Å². The number of anilines is 1. The van der Waals surface area contributed by atoms with Crippen LogP contribution in [0, 0.1) is 0 Å². The van der Waals surface area contributed by atoms with Gasteiger partial charge < -0.3 is 5.32 Å². The highest BCUT2D eigenvalue weighted by molar-refractivity contribution is 9.11. The smallest absolute Gasteiger partial charge is 0.257 e. The molecule has 0 atom stereocenters. The van der Waals surface area contributed by atoms with E-state index in [9.17, 15) is 4.79 Å². The van der Waals surface area contributed by atoms with Crippen LogP contribution in [-0.2, 0) is 0 Å². The Morgan fingerprint density at radius 3 is 2.53 bits per heavy atom. The number of hydrogen-bond donors (Lipinski definition) is 1. The topological polar surface area (TPSA) is 29.1 Å². The standard InChI is InChI=1S/C13H7Br3ClNO/c14-7-4-5-9(15)11(6-7)18-13(19)8-2-1-3-10(16)12(8)17/h1-6H,(H,18,19). The Morgan fingerprint density at radius 1 is 1.05 bits per heavy atom. The first kappa shape index (κ1) is 15.0. The van der Waals surface area contributed by atoms with Crippen molar-refractivity contribution in [2.45, 2.75) is 0 Å².